The molecule has 1 atom stereocenters. The van der Waals surface area contributed by atoms with Crippen molar-refractivity contribution in [1.82, 2.24) is 4.40 Å². The van der Waals surface area contributed by atoms with Gasteiger partial charge in [0, 0.05) is 12.0 Å². The predicted octanol–water partition coefficient (Wildman–Crippen LogP) is 7.22. The minimum atomic E-state index is -6.09. The fraction of sp³-hybridized carbons (Fsp3) is 0.333. The zero-order valence-electron chi connectivity index (χ0n) is 25.8. The zero-order chi connectivity index (χ0) is 33.6. The molecule has 2 aromatic heterocycles. The molecule has 0 amide bonds. The summed E-state index contributed by atoms with van der Waals surface area (Å²) in [6, 6.07) is 23.2. The number of benzene rings is 3. The van der Waals surface area contributed by atoms with Crippen LogP contribution in [0.5, 0.6) is 5.75 Å². The number of nitrogens with zero attached hydrogens (tertiary/aromatic N) is 2. The van der Waals surface area contributed by atoms with Gasteiger partial charge in [-0.15, -0.1) is 0 Å². The average molecular weight is 675 g/mol. The molecule has 0 saturated carbocycles. The van der Waals surface area contributed by atoms with E-state index >= 15 is 0 Å². The largest absolute Gasteiger partial charge is 0.741 e. The first-order valence-electron chi connectivity index (χ1n) is 14.4. The molecule has 0 aliphatic carbocycles. The van der Waals surface area contributed by atoms with Crippen molar-refractivity contribution in [3.8, 4) is 28.3 Å². The summed E-state index contributed by atoms with van der Waals surface area (Å²) < 4.78 is 75.3. The number of carbonyl (C=O) groups excluding carboxylic acids is 1. The quantitative estimate of drug-likeness (QED) is 0.0864. The highest BCUT2D eigenvalue weighted by atomic mass is 32.2. The van der Waals surface area contributed by atoms with Crippen molar-refractivity contribution in [2.24, 2.45) is 5.41 Å². The lowest BCUT2D eigenvalue weighted by molar-refractivity contribution is -0.685. The highest BCUT2D eigenvalue weighted by Crippen LogP contribution is 2.43. The number of fused-ring (bicyclic) bond motifs is 6. The summed E-state index contributed by atoms with van der Waals surface area (Å²) >= 11 is 1.78. The van der Waals surface area contributed by atoms with Crippen molar-refractivity contribution in [3.05, 3.63) is 77.3 Å². The van der Waals surface area contributed by atoms with Crippen molar-refractivity contribution in [2.45, 2.75) is 52.1 Å². The average Bonchev–Trinajstić information content (AvgIpc) is 3.40. The number of rotatable bonds is 4. The molecule has 1 aliphatic rings. The topological polar surface area (TPSA) is 101 Å². The van der Waals surface area contributed by atoms with E-state index in [1.54, 1.807) is 11.3 Å². The van der Waals surface area contributed by atoms with Crippen molar-refractivity contribution >= 4 is 43.2 Å². The lowest BCUT2D eigenvalue weighted by Gasteiger charge is -2.17. The Balaban J connectivity index is 0.000000463. The summed E-state index contributed by atoms with van der Waals surface area (Å²) in [7, 11) is -4.64. The van der Waals surface area contributed by atoms with Gasteiger partial charge in [-0.2, -0.15) is 17.6 Å². The zero-order valence-corrected chi connectivity index (χ0v) is 27.5. The molecule has 3 aromatic carbocycles. The Kier molecular flexibility index (Phi) is 8.97. The molecule has 0 saturated heterocycles. The van der Waals surface area contributed by atoms with Crippen LogP contribution in [0.3, 0.4) is 0 Å². The first kappa shape index (κ1) is 33.4. The van der Waals surface area contributed by atoms with Crippen LogP contribution < -0.4 is 9.30 Å². The van der Waals surface area contributed by atoms with Crippen LogP contribution >= 0.6 is 11.3 Å². The number of ether oxygens (including phenoxy) is 2. The van der Waals surface area contributed by atoms with E-state index in [4.69, 9.17) is 22.4 Å². The van der Waals surface area contributed by atoms with Gasteiger partial charge in [0.1, 0.15) is 18.4 Å². The van der Waals surface area contributed by atoms with Crippen LogP contribution in [-0.4, -0.2) is 42.6 Å². The van der Waals surface area contributed by atoms with E-state index in [-0.39, 0.29) is 23.8 Å². The monoisotopic (exact) mass is 674 g/mol. The van der Waals surface area contributed by atoms with Gasteiger partial charge in [-0.1, -0.05) is 86.7 Å². The Bertz CT molecular complexity index is 2030. The molecular formula is C33H33F3N2O6S2. The number of carbonyl (C=O) groups is 1. The molecule has 6 rings (SSSR count). The fourth-order valence-electron chi connectivity index (χ4n) is 5.66. The third-order valence-electron chi connectivity index (χ3n) is 7.54. The second-order valence-electron chi connectivity index (χ2n) is 12.2. The minimum absolute atomic E-state index is 0.0361. The highest BCUT2D eigenvalue weighted by molar-refractivity contribution is 7.86. The van der Waals surface area contributed by atoms with E-state index < -0.39 is 15.6 Å². The Labute approximate surface area is 268 Å². The fourth-order valence-corrected chi connectivity index (χ4v) is 6.87. The standard InChI is InChI=1S/C32H33N2O3S.CHF3O3S/c1-20-29(21-11-7-6-8-12-21)34-26(18-32(2,3)4)30-25-15-22-13-9-10-14-23(22)16-27(25)37-19-24(17-28(35)36-5)33(30)31(34)38-20;2-1(3,4)8(5,6)7/h6-16,24H,17-19H2,1-5H3;(H,5,6,7)/q+1;/p-1. The third kappa shape index (κ3) is 6.62. The SMILES string of the molecule is COC(=O)CC1COc2cc3ccccc3cc2-c2c(CC(C)(C)C)n3c(-c4ccccc4)c(C)sc3[n+]21.O=S(=O)([O-])C(F)(F)F. The number of hydrogen-bond donors (Lipinski definition) is 0. The number of esters is 1. The van der Waals surface area contributed by atoms with Crippen LogP contribution in [0.4, 0.5) is 13.2 Å². The molecule has 0 spiro atoms. The van der Waals surface area contributed by atoms with E-state index in [2.05, 4.69) is 103 Å². The number of thiazole rings is 1. The molecule has 13 heteroatoms. The van der Waals surface area contributed by atoms with Gasteiger partial charge in [0.15, 0.2) is 27.2 Å². The van der Waals surface area contributed by atoms with E-state index in [1.165, 1.54) is 34.3 Å². The van der Waals surface area contributed by atoms with Crippen molar-refractivity contribution < 1.29 is 45.0 Å². The Hall–Kier alpha value is -3.94. The third-order valence-corrected chi connectivity index (χ3v) is 9.17. The summed E-state index contributed by atoms with van der Waals surface area (Å²) in [4.78, 5) is 15.0. The molecule has 1 unspecified atom stereocenters. The molecule has 1 aliphatic heterocycles. The molecule has 5 aromatic rings. The maximum absolute atomic E-state index is 12.6. The van der Waals surface area contributed by atoms with Gasteiger partial charge < -0.3 is 14.0 Å². The second kappa shape index (κ2) is 12.3. The molecule has 3 heterocycles. The van der Waals surface area contributed by atoms with Gasteiger partial charge in [0.2, 0.25) is 0 Å². The number of hydrogen-bond acceptors (Lipinski definition) is 7. The molecule has 244 valence electrons. The van der Waals surface area contributed by atoms with Gasteiger partial charge >= 0.3 is 16.4 Å². The molecule has 8 nitrogen and oxygen atoms in total. The molecule has 0 radical (unpaired) electrons. The lowest BCUT2D eigenvalue weighted by atomic mass is 9.88. The van der Waals surface area contributed by atoms with Crippen LogP contribution in [0.25, 0.3) is 38.2 Å². The van der Waals surface area contributed by atoms with Crippen LogP contribution in [0.15, 0.2) is 66.7 Å². The number of halogens is 3. The smallest absolute Gasteiger partial charge is 0.485 e. The summed E-state index contributed by atoms with van der Waals surface area (Å²) in [5, 5.41) is 2.31. The van der Waals surface area contributed by atoms with Gasteiger partial charge in [-0.05, 0) is 35.2 Å². The van der Waals surface area contributed by atoms with E-state index in [1.807, 2.05) is 0 Å². The normalized spacial score (nSPS) is 14.9. The maximum Gasteiger partial charge on any atom is 0.485 e. The Morgan fingerprint density at radius 2 is 1.65 bits per heavy atom. The maximum atomic E-state index is 12.6. The van der Waals surface area contributed by atoms with E-state index in [0.717, 1.165) is 33.8 Å². The van der Waals surface area contributed by atoms with E-state index in [0.29, 0.717) is 6.61 Å². The van der Waals surface area contributed by atoms with Gasteiger partial charge in [-0.25, -0.2) is 13.0 Å². The number of imidazole rings is 1. The van der Waals surface area contributed by atoms with Crippen LogP contribution in [0.1, 0.15) is 43.8 Å². The van der Waals surface area contributed by atoms with E-state index in [9.17, 15) is 18.0 Å². The van der Waals surface area contributed by atoms with Gasteiger partial charge in [0.25, 0.3) is 0 Å². The number of methoxy groups -OCH3 is 1. The lowest BCUT2D eigenvalue weighted by Crippen LogP contribution is -2.43. The molecule has 46 heavy (non-hydrogen) atoms. The highest BCUT2D eigenvalue weighted by Gasteiger charge is 2.41. The molecule has 0 bridgehead atoms. The number of alkyl halides is 3. The molecule has 0 fully saturated rings. The van der Waals surface area contributed by atoms with Crippen molar-refractivity contribution in [1.29, 1.82) is 0 Å². The molecule has 0 N–H and O–H groups in total. The van der Waals surface area contributed by atoms with Gasteiger partial charge in [0.05, 0.1) is 24.0 Å². The predicted molar refractivity (Wildman–Crippen MR) is 169 cm³/mol. The summed E-state index contributed by atoms with van der Waals surface area (Å²) in [6.07, 6.45) is 1.11. The summed E-state index contributed by atoms with van der Waals surface area (Å²) in [5.41, 5.74) is 0.245. The Morgan fingerprint density at radius 1 is 1.07 bits per heavy atom. The second-order valence-corrected chi connectivity index (χ2v) is 14.8. The molecular weight excluding hydrogens is 641 g/mol. The first-order valence-corrected chi connectivity index (χ1v) is 16.6. The van der Waals surface area contributed by atoms with Crippen LogP contribution in [-0.2, 0) is 26.1 Å². The minimum Gasteiger partial charge on any atom is -0.741 e. The summed E-state index contributed by atoms with van der Waals surface area (Å²) in [6.45, 7) is 9.43. The number of aryl methyl sites for hydroxylation is 1. The van der Waals surface area contributed by atoms with Crippen molar-refractivity contribution in [3.63, 3.8) is 0 Å². The van der Waals surface area contributed by atoms with Crippen molar-refractivity contribution in [2.75, 3.05) is 13.7 Å². The number of aromatic nitrogens is 2. The first-order chi connectivity index (χ1) is 21.5. The summed E-state index contributed by atoms with van der Waals surface area (Å²) in [5.74, 6) is 0.623. The van der Waals surface area contributed by atoms with Crippen LogP contribution in [0.2, 0.25) is 0 Å². The Morgan fingerprint density at radius 3 is 2.22 bits per heavy atom. The van der Waals surface area contributed by atoms with Gasteiger partial charge in [-0.3, -0.25) is 4.79 Å². The van der Waals surface area contributed by atoms with Crippen LogP contribution in [0, 0.1) is 12.3 Å².